The van der Waals surface area contributed by atoms with Crippen LogP contribution in [0.1, 0.15) is 33.6 Å². The number of fused-ring (bicyclic) bond motifs is 1. The summed E-state index contributed by atoms with van der Waals surface area (Å²) >= 11 is 0. The first-order chi connectivity index (χ1) is 12.0. The lowest BCUT2D eigenvalue weighted by molar-refractivity contribution is 0.182. The van der Waals surface area contributed by atoms with Gasteiger partial charge < -0.3 is 14.8 Å². The van der Waals surface area contributed by atoms with Crippen molar-refractivity contribution in [3.63, 3.8) is 0 Å². The number of nitrogens with one attached hydrogen (secondary N) is 1. The molecule has 0 bridgehead atoms. The van der Waals surface area contributed by atoms with Gasteiger partial charge in [-0.05, 0) is 30.7 Å². The minimum absolute atomic E-state index is 0.00565. The second-order valence-corrected chi connectivity index (χ2v) is 7.56. The second-order valence-electron chi connectivity index (χ2n) is 7.56. The van der Waals surface area contributed by atoms with Crippen molar-refractivity contribution in [3.05, 3.63) is 40.8 Å². The lowest BCUT2D eigenvalue weighted by Crippen LogP contribution is -2.41. The maximum absolute atomic E-state index is 12.7. The zero-order chi connectivity index (χ0) is 18.0. The molecule has 134 valence electrons. The van der Waals surface area contributed by atoms with Gasteiger partial charge in [-0.25, -0.2) is 4.79 Å². The molecule has 1 N–H and O–H groups in total. The fraction of sp³-hybridized carbons (Fsp3) is 0.500. The van der Waals surface area contributed by atoms with Crippen LogP contribution < -0.4 is 10.9 Å². The molecule has 0 spiro atoms. The number of anilines is 1. The van der Waals surface area contributed by atoms with Crippen molar-refractivity contribution in [1.82, 2.24) is 9.47 Å². The van der Waals surface area contributed by atoms with Crippen molar-refractivity contribution in [2.45, 2.75) is 40.2 Å². The van der Waals surface area contributed by atoms with Crippen LogP contribution in [0.4, 0.5) is 10.5 Å². The molecule has 0 aliphatic carbocycles. The predicted octanol–water partition coefficient (Wildman–Crippen LogP) is 3.92. The number of benzene rings is 1. The Bertz CT molecular complexity index is 825. The van der Waals surface area contributed by atoms with E-state index in [9.17, 15) is 9.59 Å². The summed E-state index contributed by atoms with van der Waals surface area (Å²) < 4.78 is 1.71. The van der Waals surface area contributed by atoms with Gasteiger partial charge in [0, 0.05) is 36.6 Å². The Hall–Kier alpha value is -2.30. The van der Waals surface area contributed by atoms with Crippen LogP contribution in [0.15, 0.2) is 35.3 Å². The van der Waals surface area contributed by atoms with Crippen molar-refractivity contribution in [2.75, 3.05) is 18.4 Å². The van der Waals surface area contributed by atoms with E-state index in [0.717, 1.165) is 24.9 Å². The number of amides is 2. The minimum atomic E-state index is -0.0774. The van der Waals surface area contributed by atoms with Gasteiger partial charge >= 0.3 is 6.03 Å². The third-order valence-corrected chi connectivity index (χ3v) is 4.74. The smallest absolute Gasteiger partial charge is 0.321 e. The number of carbonyl (C=O) groups excluding carboxylic acids is 1. The largest absolute Gasteiger partial charge is 0.324 e. The van der Waals surface area contributed by atoms with Gasteiger partial charge in [-0.1, -0.05) is 39.0 Å². The number of pyridine rings is 1. The van der Waals surface area contributed by atoms with Gasteiger partial charge in [0.15, 0.2) is 0 Å². The Balaban J connectivity index is 1.95. The first kappa shape index (κ1) is 17.5. The molecule has 1 fully saturated rings. The van der Waals surface area contributed by atoms with E-state index in [2.05, 4.69) is 26.1 Å². The monoisotopic (exact) mass is 341 g/mol. The molecule has 5 heteroatoms. The van der Waals surface area contributed by atoms with Gasteiger partial charge in [-0.3, -0.25) is 4.79 Å². The number of likely N-dealkylation sites (tertiary alicyclic amines) is 1. The molecule has 1 atom stereocenters. The van der Waals surface area contributed by atoms with E-state index in [1.807, 2.05) is 29.2 Å². The highest BCUT2D eigenvalue weighted by Gasteiger charge is 2.22. The molecule has 3 rings (SSSR count). The number of hydrogen-bond donors (Lipinski definition) is 1. The molecule has 1 aromatic carbocycles. The molecule has 1 aliphatic rings. The van der Waals surface area contributed by atoms with Crippen LogP contribution in [0.3, 0.4) is 0 Å². The molecule has 2 aromatic rings. The van der Waals surface area contributed by atoms with Crippen LogP contribution in [0, 0.1) is 11.8 Å². The zero-order valence-electron chi connectivity index (χ0n) is 15.3. The molecule has 2 amide bonds. The third kappa shape index (κ3) is 3.86. The molecule has 1 saturated heterocycles. The summed E-state index contributed by atoms with van der Waals surface area (Å²) in [7, 11) is 0. The van der Waals surface area contributed by atoms with Crippen LogP contribution in [0.2, 0.25) is 0 Å². The average Bonchev–Trinajstić information content (AvgIpc) is 2.58. The summed E-state index contributed by atoms with van der Waals surface area (Å²) in [6, 6.07) is 7.40. The number of piperidine rings is 1. The van der Waals surface area contributed by atoms with Crippen LogP contribution in [0.5, 0.6) is 0 Å². The van der Waals surface area contributed by atoms with E-state index in [0.29, 0.717) is 29.5 Å². The molecule has 5 nitrogen and oxygen atoms in total. The summed E-state index contributed by atoms with van der Waals surface area (Å²) in [5, 5.41) is 4.49. The highest BCUT2D eigenvalue weighted by Crippen LogP contribution is 2.22. The topological polar surface area (TPSA) is 54.3 Å². The van der Waals surface area contributed by atoms with Gasteiger partial charge in [0.1, 0.15) is 0 Å². The molecule has 1 aliphatic heterocycles. The summed E-state index contributed by atoms with van der Waals surface area (Å²) in [5.41, 5.74) is 0.702. The van der Waals surface area contributed by atoms with E-state index in [4.69, 9.17) is 0 Å². The number of carbonyl (C=O) groups is 1. The molecule has 25 heavy (non-hydrogen) atoms. The van der Waals surface area contributed by atoms with Crippen LogP contribution in [-0.4, -0.2) is 28.6 Å². The Morgan fingerprint density at radius 3 is 2.68 bits per heavy atom. The van der Waals surface area contributed by atoms with Gasteiger partial charge in [0.05, 0.1) is 5.69 Å². The highest BCUT2D eigenvalue weighted by molar-refractivity contribution is 6.01. The molecule has 0 radical (unpaired) electrons. The van der Waals surface area contributed by atoms with Crippen LogP contribution in [-0.2, 0) is 6.54 Å². The van der Waals surface area contributed by atoms with Crippen molar-refractivity contribution >= 4 is 22.5 Å². The maximum Gasteiger partial charge on any atom is 0.321 e. The average molecular weight is 341 g/mol. The molecular weight excluding hydrogens is 314 g/mol. The summed E-state index contributed by atoms with van der Waals surface area (Å²) in [6.45, 7) is 8.55. The number of rotatable bonds is 3. The standard InChI is InChI=1S/C20H27N3O2/c1-14(2)11-23-13-18(16-8-4-5-9-17(16)19(23)24)21-20(25)22-10-6-7-15(3)12-22/h4-5,8-9,13-15H,6-7,10-12H2,1-3H3,(H,21,25)/t15-/m1/s1. The Labute approximate surface area is 148 Å². The maximum atomic E-state index is 12.7. The SMILES string of the molecule is CC(C)Cn1cc(NC(=O)N2CCC[C@@H](C)C2)c2ccccc2c1=O. The van der Waals surface area contributed by atoms with E-state index in [1.54, 1.807) is 10.8 Å². The Kier molecular flexibility index (Phi) is 5.11. The Morgan fingerprint density at radius 1 is 1.28 bits per heavy atom. The zero-order valence-corrected chi connectivity index (χ0v) is 15.3. The molecular formula is C20H27N3O2. The van der Waals surface area contributed by atoms with E-state index >= 15 is 0 Å². The third-order valence-electron chi connectivity index (χ3n) is 4.74. The van der Waals surface area contributed by atoms with Gasteiger partial charge in [-0.2, -0.15) is 0 Å². The minimum Gasteiger partial charge on any atom is -0.324 e. The van der Waals surface area contributed by atoms with Crippen LogP contribution in [0.25, 0.3) is 10.8 Å². The molecule has 0 unspecified atom stereocenters. The molecule has 0 saturated carbocycles. The van der Waals surface area contributed by atoms with E-state index < -0.39 is 0 Å². The number of aromatic nitrogens is 1. The fourth-order valence-corrected chi connectivity index (χ4v) is 3.54. The molecule has 2 heterocycles. The van der Waals surface area contributed by atoms with Crippen molar-refractivity contribution in [2.24, 2.45) is 11.8 Å². The summed E-state index contributed by atoms with van der Waals surface area (Å²) in [4.78, 5) is 27.3. The van der Waals surface area contributed by atoms with Gasteiger partial charge in [-0.15, -0.1) is 0 Å². The highest BCUT2D eigenvalue weighted by atomic mass is 16.2. The quantitative estimate of drug-likeness (QED) is 0.920. The number of nitrogens with zero attached hydrogens (tertiary/aromatic N) is 2. The Morgan fingerprint density at radius 2 is 2.00 bits per heavy atom. The normalized spacial score (nSPS) is 17.9. The first-order valence-electron chi connectivity index (χ1n) is 9.14. The number of urea groups is 1. The van der Waals surface area contributed by atoms with Crippen molar-refractivity contribution in [1.29, 1.82) is 0 Å². The van der Waals surface area contributed by atoms with E-state index in [1.165, 1.54) is 6.42 Å². The van der Waals surface area contributed by atoms with Crippen LogP contribution >= 0.6 is 0 Å². The summed E-state index contributed by atoms with van der Waals surface area (Å²) in [5.74, 6) is 0.886. The van der Waals surface area contributed by atoms with Crippen molar-refractivity contribution in [3.8, 4) is 0 Å². The van der Waals surface area contributed by atoms with Gasteiger partial charge in [0.25, 0.3) is 5.56 Å². The number of hydrogen-bond acceptors (Lipinski definition) is 2. The van der Waals surface area contributed by atoms with E-state index in [-0.39, 0.29) is 11.6 Å². The predicted molar refractivity (Wildman–Crippen MR) is 102 cm³/mol. The first-order valence-corrected chi connectivity index (χ1v) is 9.14. The van der Waals surface area contributed by atoms with Gasteiger partial charge in [0.2, 0.25) is 0 Å². The lowest BCUT2D eigenvalue weighted by Gasteiger charge is -2.31. The lowest BCUT2D eigenvalue weighted by atomic mass is 10.0. The van der Waals surface area contributed by atoms with Crippen molar-refractivity contribution < 1.29 is 4.79 Å². The fourth-order valence-electron chi connectivity index (χ4n) is 3.54. The molecule has 1 aromatic heterocycles. The second kappa shape index (κ2) is 7.30. The summed E-state index contributed by atoms with van der Waals surface area (Å²) in [6.07, 6.45) is 4.00.